The lowest BCUT2D eigenvalue weighted by atomic mass is 10.1. The zero-order valence-corrected chi connectivity index (χ0v) is 16.1. The normalized spacial score (nSPS) is 12.0. The molecule has 0 unspecified atom stereocenters. The summed E-state index contributed by atoms with van der Waals surface area (Å²) in [5, 5.41) is 11.1. The Hall–Kier alpha value is -1.56. The first-order valence-electron chi connectivity index (χ1n) is 9.14. The molecule has 0 spiro atoms. The lowest BCUT2D eigenvalue weighted by Crippen LogP contribution is -2.39. The van der Waals surface area contributed by atoms with Crippen LogP contribution in [0.25, 0.3) is 0 Å². The Morgan fingerprint density at radius 2 is 2.08 bits per heavy atom. The number of ether oxygens (including phenoxy) is 1. The summed E-state index contributed by atoms with van der Waals surface area (Å²) in [6.07, 6.45) is 2.09. The molecule has 1 aromatic rings. The number of nitrogens with zero attached hydrogens (tertiary/aromatic N) is 3. The molecule has 6 nitrogen and oxygen atoms in total. The standard InChI is InChI=1S/C18H35N5O/c1-6-19-18(21-10-13-24-12-8-15(2)3)20-9-7-11-23-17(5)14-16(4)22-23/h14-15H,6-13H2,1-5H3,(H2,19,20,21). The van der Waals surface area contributed by atoms with Crippen molar-refractivity contribution in [2.24, 2.45) is 10.9 Å². The first-order valence-corrected chi connectivity index (χ1v) is 9.14. The third-order valence-corrected chi connectivity index (χ3v) is 3.62. The Morgan fingerprint density at radius 1 is 1.29 bits per heavy atom. The maximum absolute atomic E-state index is 5.62. The number of rotatable bonds is 11. The summed E-state index contributed by atoms with van der Waals surface area (Å²) in [7, 11) is 0. The average molecular weight is 338 g/mol. The Kier molecular flexibility index (Phi) is 10.2. The van der Waals surface area contributed by atoms with Gasteiger partial charge in [0.15, 0.2) is 5.96 Å². The predicted octanol–water partition coefficient (Wildman–Crippen LogP) is 2.51. The number of aromatic nitrogens is 2. The van der Waals surface area contributed by atoms with Crippen LogP contribution in [0.2, 0.25) is 0 Å². The molecule has 0 aliphatic heterocycles. The average Bonchev–Trinajstić information content (AvgIpc) is 2.84. The van der Waals surface area contributed by atoms with Crippen LogP contribution < -0.4 is 10.6 Å². The van der Waals surface area contributed by atoms with Gasteiger partial charge in [0.25, 0.3) is 0 Å². The molecule has 6 heteroatoms. The van der Waals surface area contributed by atoms with Crippen LogP contribution in [0.15, 0.2) is 11.1 Å². The van der Waals surface area contributed by atoms with E-state index in [-0.39, 0.29) is 0 Å². The Balaban J connectivity index is 2.23. The maximum Gasteiger partial charge on any atom is 0.191 e. The van der Waals surface area contributed by atoms with Gasteiger partial charge in [0.1, 0.15) is 0 Å². The monoisotopic (exact) mass is 337 g/mol. The zero-order chi connectivity index (χ0) is 17.8. The van der Waals surface area contributed by atoms with Gasteiger partial charge in [-0.3, -0.25) is 9.67 Å². The van der Waals surface area contributed by atoms with Crippen molar-refractivity contribution in [3.05, 3.63) is 17.5 Å². The summed E-state index contributed by atoms with van der Waals surface area (Å²) in [6.45, 7) is 15.5. The van der Waals surface area contributed by atoms with Gasteiger partial charge < -0.3 is 15.4 Å². The van der Waals surface area contributed by atoms with Crippen molar-refractivity contribution in [1.82, 2.24) is 20.4 Å². The molecule has 0 atom stereocenters. The van der Waals surface area contributed by atoms with Gasteiger partial charge in [-0.2, -0.15) is 5.10 Å². The van der Waals surface area contributed by atoms with Crippen molar-refractivity contribution in [3.8, 4) is 0 Å². The molecule has 2 N–H and O–H groups in total. The van der Waals surface area contributed by atoms with Gasteiger partial charge in [-0.15, -0.1) is 0 Å². The number of aryl methyl sites for hydroxylation is 3. The van der Waals surface area contributed by atoms with E-state index in [1.165, 1.54) is 5.69 Å². The zero-order valence-electron chi connectivity index (χ0n) is 16.1. The van der Waals surface area contributed by atoms with Crippen molar-refractivity contribution in [3.63, 3.8) is 0 Å². The van der Waals surface area contributed by atoms with Crippen molar-refractivity contribution in [2.75, 3.05) is 32.8 Å². The second-order valence-electron chi connectivity index (χ2n) is 6.49. The van der Waals surface area contributed by atoms with E-state index in [1.807, 2.05) is 11.6 Å². The molecule has 0 radical (unpaired) electrons. The van der Waals surface area contributed by atoms with Gasteiger partial charge in [-0.05, 0) is 45.6 Å². The molecule has 1 aromatic heterocycles. The van der Waals surface area contributed by atoms with E-state index in [1.54, 1.807) is 0 Å². The van der Waals surface area contributed by atoms with E-state index in [9.17, 15) is 0 Å². The summed E-state index contributed by atoms with van der Waals surface area (Å²) in [5.41, 5.74) is 2.28. The molecule has 0 fully saturated rings. The fraction of sp³-hybridized carbons (Fsp3) is 0.778. The Bertz CT molecular complexity index is 482. The molecule has 0 saturated heterocycles. The topological polar surface area (TPSA) is 63.5 Å². The van der Waals surface area contributed by atoms with Crippen LogP contribution in [-0.4, -0.2) is 48.6 Å². The Labute approximate surface area is 147 Å². The van der Waals surface area contributed by atoms with E-state index >= 15 is 0 Å². The van der Waals surface area contributed by atoms with Crippen LogP contribution in [0.4, 0.5) is 0 Å². The van der Waals surface area contributed by atoms with Crippen LogP contribution >= 0.6 is 0 Å². The third-order valence-electron chi connectivity index (χ3n) is 3.62. The minimum absolute atomic E-state index is 0.694. The molecule has 1 rings (SSSR count). The molecule has 0 bridgehead atoms. The number of aliphatic imine (C=N–C) groups is 1. The molecule has 0 aromatic carbocycles. The summed E-state index contributed by atoms with van der Waals surface area (Å²) in [6, 6.07) is 2.11. The van der Waals surface area contributed by atoms with Gasteiger partial charge >= 0.3 is 0 Å². The molecule has 0 saturated carbocycles. The largest absolute Gasteiger partial charge is 0.380 e. The molecule has 138 valence electrons. The smallest absolute Gasteiger partial charge is 0.191 e. The van der Waals surface area contributed by atoms with Gasteiger partial charge in [-0.25, -0.2) is 0 Å². The van der Waals surface area contributed by atoms with Crippen LogP contribution in [-0.2, 0) is 11.3 Å². The highest BCUT2D eigenvalue weighted by atomic mass is 16.5. The summed E-state index contributed by atoms with van der Waals surface area (Å²) < 4.78 is 7.66. The first kappa shape index (κ1) is 20.5. The SMILES string of the molecule is CCNC(=NCCCn1nc(C)cc1C)NCCOCCC(C)C. The van der Waals surface area contributed by atoms with E-state index in [2.05, 4.69) is 54.5 Å². The highest BCUT2D eigenvalue weighted by Gasteiger charge is 2.01. The summed E-state index contributed by atoms with van der Waals surface area (Å²) in [5.74, 6) is 1.55. The molecule has 0 aliphatic carbocycles. The number of guanidine groups is 1. The van der Waals surface area contributed by atoms with Crippen molar-refractivity contribution in [1.29, 1.82) is 0 Å². The molecule has 0 amide bonds. The molecular formula is C18H35N5O. The van der Waals surface area contributed by atoms with Crippen molar-refractivity contribution in [2.45, 2.75) is 54.0 Å². The Morgan fingerprint density at radius 3 is 2.71 bits per heavy atom. The maximum atomic E-state index is 5.62. The minimum Gasteiger partial charge on any atom is -0.380 e. The van der Waals surface area contributed by atoms with Gasteiger partial charge in [0, 0.05) is 38.5 Å². The number of hydrogen-bond donors (Lipinski definition) is 2. The first-order chi connectivity index (χ1) is 11.5. The molecule has 1 heterocycles. The van der Waals surface area contributed by atoms with Gasteiger partial charge in [0.2, 0.25) is 0 Å². The van der Waals surface area contributed by atoms with E-state index in [0.717, 1.165) is 57.3 Å². The highest BCUT2D eigenvalue weighted by Crippen LogP contribution is 2.02. The second-order valence-corrected chi connectivity index (χ2v) is 6.49. The lowest BCUT2D eigenvalue weighted by molar-refractivity contribution is 0.128. The van der Waals surface area contributed by atoms with E-state index < -0.39 is 0 Å². The van der Waals surface area contributed by atoms with Crippen LogP contribution in [0.3, 0.4) is 0 Å². The van der Waals surface area contributed by atoms with Crippen LogP contribution in [0, 0.1) is 19.8 Å². The van der Waals surface area contributed by atoms with Crippen LogP contribution in [0.5, 0.6) is 0 Å². The summed E-state index contributed by atoms with van der Waals surface area (Å²) in [4.78, 5) is 4.61. The second kappa shape index (κ2) is 11.9. The molecule has 0 aliphatic rings. The van der Waals surface area contributed by atoms with Gasteiger partial charge in [-0.1, -0.05) is 13.8 Å². The molecule has 24 heavy (non-hydrogen) atoms. The predicted molar refractivity (Wildman–Crippen MR) is 101 cm³/mol. The third kappa shape index (κ3) is 8.91. The van der Waals surface area contributed by atoms with E-state index in [0.29, 0.717) is 12.5 Å². The quantitative estimate of drug-likeness (QED) is 0.370. The van der Waals surface area contributed by atoms with Gasteiger partial charge in [0.05, 0.1) is 12.3 Å². The summed E-state index contributed by atoms with van der Waals surface area (Å²) >= 11 is 0. The molecular weight excluding hydrogens is 302 g/mol. The highest BCUT2D eigenvalue weighted by molar-refractivity contribution is 5.79. The van der Waals surface area contributed by atoms with Crippen molar-refractivity contribution < 1.29 is 4.74 Å². The minimum atomic E-state index is 0.694. The fourth-order valence-electron chi connectivity index (χ4n) is 2.32. The fourth-order valence-corrected chi connectivity index (χ4v) is 2.32. The van der Waals surface area contributed by atoms with E-state index in [4.69, 9.17) is 4.74 Å². The number of hydrogen-bond acceptors (Lipinski definition) is 3. The lowest BCUT2D eigenvalue weighted by Gasteiger charge is -2.12. The van der Waals surface area contributed by atoms with Crippen molar-refractivity contribution >= 4 is 5.96 Å². The number of nitrogens with one attached hydrogen (secondary N) is 2. The van der Waals surface area contributed by atoms with Crippen LogP contribution in [0.1, 0.15) is 45.0 Å².